The van der Waals surface area contributed by atoms with E-state index in [1.54, 1.807) is 11.3 Å². The van der Waals surface area contributed by atoms with Crippen molar-refractivity contribution in [2.75, 3.05) is 0 Å². The van der Waals surface area contributed by atoms with Crippen molar-refractivity contribution in [2.45, 2.75) is 71.9 Å². The van der Waals surface area contributed by atoms with Crippen LogP contribution in [0.3, 0.4) is 0 Å². The fourth-order valence-corrected chi connectivity index (χ4v) is 5.74. The SMILES string of the molecule is CCCCc1ccc([C@H]([NH2+]Cc2nc3sc4c(c3c(=O)[nH]2)CCC4)C(C)C)cc1. The highest BCUT2D eigenvalue weighted by molar-refractivity contribution is 7.18. The predicted octanol–water partition coefficient (Wildman–Crippen LogP) is 4.28. The number of nitrogens with zero attached hydrogens (tertiary/aromatic N) is 1. The molecule has 4 rings (SSSR count). The van der Waals surface area contributed by atoms with E-state index >= 15 is 0 Å². The van der Waals surface area contributed by atoms with Crippen LogP contribution in [-0.2, 0) is 25.8 Å². The molecule has 0 aliphatic heterocycles. The number of unbranched alkanes of at least 4 members (excludes halogenated alkanes) is 1. The molecule has 29 heavy (non-hydrogen) atoms. The minimum Gasteiger partial charge on any atom is -0.334 e. The third-order valence-electron chi connectivity index (χ3n) is 6.09. The number of fused-ring (bicyclic) bond motifs is 3. The van der Waals surface area contributed by atoms with Crippen molar-refractivity contribution in [1.29, 1.82) is 0 Å². The molecule has 4 nitrogen and oxygen atoms in total. The topological polar surface area (TPSA) is 62.4 Å². The van der Waals surface area contributed by atoms with Crippen molar-refractivity contribution in [3.8, 4) is 0 Å². The Morgan fingerprint density at radius 1 is 1.21 bits per heavy atom. The van der Waals surface area contributed by atoms with Gasteiger partial charge in [0.25, 0.3) is 5.56 Å². The molecular weight excluding hydrogens is 378 g/mol. The Labute approximate surface area is 176 Å². The standard InChI is InChI=1S/C24H31N3OS/c1-4-5-7-16-10-12-17(13-11-16)22(15(2)3)25-14-20-26-23(28)21-18-8-6-9-19(18)29-24(21)27-20/h10-13,15,22,25H,4-9,14H2,1-3H3,(H,26,27,28)/p+1/t22-/m1/s1. The lowest BCUT2D eigenvalue weighted by Crippen LogP contribution is -2.85. The molecule has 0 saturated carbocycles. The number of benzene rings is 1. The van der Waals surface area contributed by atoms with Crippen molar-refractivity contribution in [3.05, 3.63) is 62.0 Å². The molecule has 3 aromatic rings. The van der Waals surface area contributed by atoms with Crippen LogP contribution >= 0.6 is 11.3 Å². The van der Waals surface area contributed by atoms with Gasteiger partial charge in [-0.2, -0.15) is 0 Å². The lowest BCUT2D eigenvalue weighted by atomic mass is 9.94. The molecule has 1 aromatic carbocycles. The van der Waals surface area contributed by atoms with E-state index in [-0.39, 0.29) is 5.56 Å². The third kappa shape index (κ3) is 4.31. The second-order valence-corrected chi connectivity index (χ2v) is 9.69. The smallest absolute Gasteiger partial charge is 0.260 e. The van der Waals surface area contributed by atoms with Gasteiger partial charge >= 0.3 is 0 Å². The van der Waals surface area contributed by atoms with Crippen molar-refractivity contribution in [3.63, 3.8) is 0 Å². The monoisotopic (exact) mass is 410 g/mol. The number of thiophene rings is 1. The zero-order valence-electron chi connectivity index (χ0n) is 17.8. The summed E-state index contributed by atoms with van der Waals surface area (Å²) in [6.07, 6.45) is 6.91. The highest BCUT2D eigenvalue weighted by Gasteiger charge is 2.23. The van der Waals surface area contributed by atoms with E-state index < -0.39 is 0 Å². The minimum absolute atomic E-state index is 0.0409. The average molecular weight is 411 g/mol. The van der Waals surface area contributed by atoms with Gasteiger partial charge in [0.1, 0.15) is 17.4 Å². The van der Waals surface area contributed by atoms with Crippen LogP contribution in [0.1, 0.15) is 73.5 Å². The summed E-state index contributed by atoms with van der Waals surface area (Å²) in [5, 5.41) is 3.16. The van der Waals surface area contributed by atoms with Crippen molar-refractivity contribution >= 4 is 21.6 Å². The number of nitrogens with one attached hydrogen (secondary N) is 1. The summed E-state index contributed by atoms with van der Waals surface area (Å²) in [5.41, 5.74) is 4.05. The van der Waals surface area contributed by atoms with E-state index in [9.17, 15) is 4.79 Å². The largest absolute Gasteiger partial charge is 0.334 e. The molecule has 0 radical (unpaired) electrons. The summed E-state index contributed by atoms with van der Waals surface area (Å²) in [6, 6.07) is 9.44. The lowest BCUT2D eigenvalue weighted by molar-refractivity contribution is -0.718. The van der Waals surface area contributed by atoms with Crippen LogP contribution in [0.5, 0.6) is 0 Å². The molecule has 2 aromatic heterocycles. The molecule has 0 saturated heterocycles. The van der Waals surface area contributed by atoms with Gasteiger partial charge in [-0.25, -0.2) is 4.98 Å². The van der Waals surface area contributed by atoms with Crippen molar-refractivity contribution in [1.82, 2.24) is 9.97 Å². The summed E-state index contributed by atoms with van der Waals surface area (Å²) in [4.78, 5) is 22.8. The Kier molecular flexibility index (Phi) is 6.16. The maximum atomic E-state index is 12.7. The Bertz CT molecular complexity index is 1030. The van der Waals surface area contributed by atoms with Crippen LogP contribution in [0.15, 0.2) is 29.1 Å². The second kappa shape index (κ2) is 8.80. The van der Waals surface area contributed by atoms with Gasteiger partial charge in [0.05, 0.1) is 5.39 Å². The van der Waals surface area contributed by atoms with E-state index in [0.717, 1.165) is 35.3 Å². The highest BCUT2D eigenvalue weighted by Crippen LogP contribution is 2.34. The van der Waals surface area contributed by atoms with Gasteiger partial charge in [-0.15, -0.1) is 11.3 Å². The average Bonchev–Trinajstić information content (AvgIpc) is 3.28. The number of H-pyrrole nitrogens is 1. The Morgan fingerprint density at radius 2 is 2.00 bits per heavy atom. The van der Waals surface area contributed by atoms with Crippen LogP contribution in [0.25, 0.3) is 10.2 Å². The van der Waals surface area contributed by atoms with Gasteiger partial charge in [-0.3, -0.25) is 4.79 Å². The molecule has 1 atom stereocenters. The summed E-state index contributed by atoms with van der Waals surface area (Å²) in [7, 11) is 0. The van der Waals surface area contributed by atoms with Gasteiger partial charge in [0, 0.05) is 16.4 Å². The van der Waals surface area contributed by atoms with Crippen molar-refractivity contribution < 1.29 is 5.32 Å². The van der Waals surface area contributed by atoms with Crippen LogP contribution in [0.2, 0.25) is 0 Å². The van der Waals surface area contributed by atoms with E-state index in [1.807, 2.05) is 0 Å². The fraction of sp³-hybridized carbons (Fsp3) is 0.500. The maximum absolute atomic E-state index is 12.7. The molecule has 0 fully saturated rings. The summed E-state index contributed by atoms with van der Waals surface area (Å²) in [5.74, 6) is 1.28. The quantitative estimate of drug-likeness (QED) is 0.582. The molecule has 2 heterocycles. The first kappa shape index (κ1) is 20.3. The van der Waals surface area contributed by atoms with E-state index in [2.05, 4.69) is 55.3 Å². The summed E-state index contributed by atoms with van der Waals surface area (Å²) >= 11 is 1.71. The van der Waals surface area contributed by atoms with Crippen LogP contribution in [0, 0.1) is 5.92 Å². The molecule has 0 unspecified atom stereocenters. The molecule has 0 spiro atoms. The predicted molar refractivity (Wildman–Crippen MR) is 121 cm³/mol. The number of aryl methyl sites for hydroxylation is 3. The fourth-order valence-electron chi connectivity index (χ4n) is 4.46. The molecule has 1 aliphatic carbocycles. The number of hydrogen-bond acceptors (Lipinski definition) is 3. The second-order valence-electron chi connectivity index (χ2n) is 8.60. The summed E-state index contributed by atoms with van der Waals surface area (Å²) < 4.78 is 0. The first-order valence-corrected chi connectivity index (χ1v) is 11.8. The molecule has 1 aliphatic rings. The molecule has 0 bridgehead atoms. The number of aromatic nitrogens is 2. The summed E-state index contributed by atoms with van der Waals surface area (Å²) in [6.45, 7) is 7.44. The number of aromatic amines is 1. The molecule has 5 heteroatoms. The lowest BCUT2D eigenvalue weighted by Gasteiger charge is -2.20. The maximum Gasteiger partial charge on any atom is 0.260 e. The normalized spacial score (nSPS) is 14.6. The number of rotatable bonds is 8. The van der Waals surface area contributed by atoms with Crippen LogP contribution < -0.4 is 10.9 Å². The zero-order valence-corrected chi connectivity index (χ0v) is 18.6. The minimum atomic E-state index is 0.0409. The van der Waals surface area contributed by atoms with Gasteiger partial charge in [-0.1, -0.05) is 51.5 Å². The van der Waals surface area contributed by atoms with Gasteiger partial charge in [0.2, 0.25) is 0 Å². The van der Waals surface area contributed by atoms with Gasteiger partial charge in [-0.05, 0) is 43.2 Å². The number of nitrogens with two attached hydrogens (primary N) is 1. The van der Waals surface area contributed by atoms with E-state index in [0.29, 0.717) is 18.5 Å². The van der Waals surface area contributed by atoms with Crippen molar-refractivity contribution in [2.24, 2.45) is 5.92 Å². The van der Waals surface area contributed by atoms with E-state index in [4.69, 9.17) is 4.98 Å². The Morgan fingerprint density at radius 3 is 2.72 bits per heavy atom. The number of hydrogen-bond donors (Lipinski definition) is 2. The van der Waals surface area contributed by atoms with Gasteiger partial charge in [0.15, 0.2) is 5.82 Å². The molecule has 154 valence electrons. The number of quaternary nitrogens is 1. The van der Waals surface area contributed by atoms with Crippen LogP contribution in [-0.4, -0.2) is 9.97 Å². The zero-order chi connectivity index (χ0) is 20.4. The highest BCUT2D eigenvalue weighted by atomic mass is 32.1. The first-order chi connectivity index (χ1) is 14.1. The molecule has 0 amide bonds. The molecule has 3 N–H and O–H groups in total. The Hall–Kier alpha value is -1.98. The first-order valence-electron chi connectivity index (χ1n) is 11.0. The van der Waals surface area contributed by atoms with E-state index in [1.165, 1.54) is 40.8 Å². The molecular formula is C24H32N3OS+. The Balaban J connectivity index is 1.50. The third-order valence-corrected chi connectivity index (χ3v) is 7.28. The van der Waals surface area contributed by atoms with Crippen LogP contribution in [0.4, 0.5) is 0 Å². The van der Waals surface area contributed by atoms with Gasteiger partial charge < -0.3 is 10.3 Å².